The Kier molecular flexibility index (Phi) is 5.21. The molecule has 0 fully saturated rings. The van der Waals surface area contributed by atoms with Crippen molar-refractivity contribution < 1.29 is 18.8 Å². The third-order valence-electron chi connectivity index (χ3n) is 3.25. The summed E-state index contributed by atoms with van der Waals surface area (Å²) in [5.74, 6) is -0.897. The van der Waals surface area contributed by atoms with Crippen molar-refractivity contribution in [3.63, 3.8) is 0 Å². The van der Waals surface area contributed by atoms with Gasteiger partial charge < -0.3 is 14.6 Å². The topological polar surface area (TPSA) is 105 Å². The Morgan fingerprint density at radius 3 is 2.67 bits per heavy atom. The molecule has 2 rings (SSSR count). The molecule has 0 aliphatic heterocycles. The number of aryl methyl sites for hydroxylation is 2. The number of nitriles is 1. The average molecular weight is 348 g/mol. The number of esters is 1. The van der Waals surface area contributed by atoms with Gasteiger partial charge in [0.2, 0.25) is 0 Å². The fraction of sp³-hybridized carbons (Fsp3) is 0.250. The number of aromatic nitrogens is 1. The highest BCUT2D eigenvalue weighted by Crippen LogP contribution is 2.21. The van der Waals surface area contributed by atoms with Crippen molar-refractivity contribution >= 4 is 29.2 Å². The van der Waals surface area contributed by atoms with Crippen LogP contribution in [0.2, 0.25) is 5.02 Å². The van der Waals surface area contributed by atoms with Gasteiger partial charge in [-0.2, -0.15) is 5.26 Å². The highest BCUT2D eigenvalue weighted by molar-refractivity contribution is 6.32. The Labute approximate surface area is 143 Å². The molecule has 124 valence electrons. The minimum atomic E-state index is -1.04. The molecule has 7 nitrogen and oxygen atoms in total. The molecule has 0 saturated carbocycles. The first-order valence-electron chi connectivity index (χ1n) is 6.98. The highest BCUT2D eigenvalue weighted by Gasteiger charge is 2.24. The van der Waals surface area contributed by atoms with Crippen LogP contribution < -0.4 is 5.32 Å². The molecule has 1 atom stereocenters. The van der Waals surface area contributed by atoms with Crippen molar-refractivity contribution in [1.29, 1.82) is 5.26 Å². The number of benzene rings is 1. The van der Waals surface area contributed by atoms with E-state index in [1.165, 1.54) is 25.1 Å². The molecule has 2 aromatic rings. The van der Waals surface area contributed by atoms with E-state index in [4.69, 9.17) is 26.1 Å². The number of nitrogens with zero attached hydrogens (tertiary/aromatic N) is 2. The first-order chi connectivity index (χ1) is 11.3. The van der Waals surface area contributed by atoms with E-state index < -0.39 is 18.0 Å². The lowest BCUT2D eigenvalue weighted by Gasteiger charge is -2.13. The van der Waals surface area contributed by atoms with Gasteiger partial charge in [-0.25, -0.2) is 4.79 Å². The largest absolute Gasteiger partial charge is 0.449 e. The third kappa shape index (κ3) is 3.73. The summed E-state index contributed by atoms with van der Waals surface area (Å²) >= 11 is 5.90. The zero-order chi connectivity index (χ0) is 17.9. The quantitative estimate of drug-likeness (QED) is 0.852. The summed E-state index contributed by atoms with van der Waals surface area (Å²) in [6, 6.07) is 6.38. The summed E-state index contributed by atoms with van der Waals surface area (Å²) in [7, 11) is 0. The summed E-state index contributed by atoms with van der Waals surface area (Å²) in [5, 5.41) is 15.3. The molecule has 24 heavy (non-hydrogen) atoms. The van der Waals surface area contributed by atoms with Crippen LogP contribution in [0.4, 0.5) is 5.69 Å². The summed E-state index contributed by atoms with van der Waals surface area (Å²) < 4.78 is 10.0. The second kappa shape index (κ2) is 7.15. The standard InChI is InChI=1S/C16H14ClN3O4/c1-8-14(9(2)24-20-8)16(22)23-10(3)15(21)19-12-5-4-11(7-18)13(17)6-12/h4-6,10H,1-3H3,(H,19,21)/t10-/m1/s1. The number of hydrogen-bond donors (Lipinski definition) is 1. The van der Waals surface area contributed by atoms with Gasteiger partial charge in [0.05, 0.1) is 16.3 Å². The van der Waals surface area contributed by atoms with Crippen molar-refractivity contribution in [2.75, 3.05) is 5.32 Å². The molecule has 1 N–H and O–H groups in total. The van der Waals surface area contributed by atoms with Crippen molar-refractivity contribution in [3.05, 3.63) is 45.8 Å². The minimum Gasteiger partial charge on any atom is -0.449 e. The van der Waals surface area contributed by atoms with E-state index in [0.717, 1.165) is 0 Å². The first kappa shape index (κ1) is 17.5. The number of ether oxygens (including phenoxy) is 1. The molecule has 0 saturated heterocycles. The van der Waals surface area contributed by atoms with Crippen LogP contribution in [0.1, 0.15) is 34.3 Å². The Balaban J connectivity index is 2.04. The molecule has 0 unspecified atom stereocenters. The first-order valence-corrected chi connectivity index (χ1v) is 7.35. The van der Waals surface area contributed by atoms with Crippen molar-refractivity contribution in [1.82, 2.24) is 5.16 Å². The fourth-order valence-corrected chi connectivity index (χ4v) is 2.20. The van der Waals surface area contributed by atoms with E-state index in [-0.39, 0.29) is 10.6 Å². The maximum Gasteiger partial charge on any atom is 0.344 e. The number of rotatable bonds is 4. The number of halogens is 1. The maximum absolute atomic E-state index is 12.1. The monoisotopic (exact) mass is 347 g/mol. The van der Waals surface area contributed by atoms with Gasteiger partial charge in [0, 0.05) is 5.69 Å². The summed E-state index contributed by atoms with van der Waals surface area (Å²) in [6.07, 6.45) is -1.04. The van der Waals surface area contributed by atoms with Gasteiger partial charge in [-0.3, -0.25) is 4.79 Å². The van der Waals surface area contributed by atoms with E-state index >= 15 is 0 Å². The smallest absolute Gasteiger partial charge is 0.344 e. The van der Waals surface area contributed by atoms with Crippen LogP contribution in [0, 0.1) is 25.2 Å². The van der Waals surface area contributed by atoms with Crippen molar-refractivity contribution in [2.24, 2.45) is 0 Å². The third-order valence-corrected chi connectivity index (χ3v) is 3.56. The molecule has 8 heteroatoms. The summed E-state index contributed by atoms with van der Waals surface area (Å²) in [4.78, 5) is 24.2. The molecule has 1 aromatic heterocycles. The van der Waals surface area contributed by atoms with E-state index in [2.05, 4.69) is 10.5 Å². The van der Waals surface area contributed by atoms with Gasteiger partial charge >= 0.3 is 5.97 Å². The lowest BCUT2D eigenvalue weighted by Crippen LogP contribution is -2.30. The Morgan fingerprint density at radius 1 is 1.42 bits per heavy atom. The second-order valence-corrected chi connectivity index (χ2v) is 5.45. The van der Waals surface area contributed by atoms with Crippen LogP contribution >= 0.6 is 11.6 Å². The van der Waals surface area contributed by atoms with E-state index in [1.54, 1.807) is 13.8 Å². The van der Waals surface area contributed by atoms with Gasteiger partial charge in [0.1, 0.15) is 17.4 Å². The normalized spacial score (nSPS) is 11.5. The predicted octanol–water partition coefficient (Wildman–Crippen LogP) is 3.00. The predicted molar refractivity (Wildman–Crippen MR) is 85.7 cm³/mol. The van der Waals surface area contributed by atoms with Gasteiger partial charge in [-0.05, 0) is 39.0 Å². The number of nitrogens with one attached hydrogen (secondary N) is 1. The van der Waals surface area contributed by atoms with Crippen LogP contribution in [-0.2, 0) is 9.53 Å². The van der Waals surface area contributed by atoms with Crippen LogP contribution in [0.3, 0.4) is 0 Å². The van der Waals surface area contributed by atoms with Crippen molar-refractivity contribution in [3.8, 4) is 6.07 Å². The zero-order valence-corrected chi connectivity index (χ0v) is 14.0. The van der Waals surface area contributed by atoms with Gasteiger partial charge in [-0.1, -0.05) is 16.8 Å². The number of hydrogen-bond acceptors (Lipinski definition) is 6. The van der Waals surface area contributed by atoms with Crippen molar-refractivity contribution in [2.45, 2.75) is 26.9 Å². The Morgan fingerprint density at radius 2 is 2.12 bits per heavy atom. The number of carbonyl (C=O) groups is 2. The SMILES string of the molecule is Cc1noc(C)c1C(=O)O[C@H](C)C(=O)Nc1ccc(C#N)c(Cl)c1. The van der Waals surface area contributed by atoms with Gasteiger partial charge in [0.15, 0.2) is 6.10 Å². The Bertz CT molecular complexity index is 819. The molecule has 1 amide bonds. The lowest BCUT2D eigenvalue weighted by atomic mass is 10.2. The Hall–Kier alpha value is -2.85. The second-order valence-electron chi connectivity index (χ2n) is 5.04. The molecule has 1 heterocycles. The average Bonchev–Trinajstić information content (AvgIpc) is 2.86. The van der Waals surface area contributed by atoms with Crippen LogP contribution in [0.25, 0.3) is 0 Å². The molecule has 0 aliphatic carbocycles. The van der Waals surface area contributed by atoms with Crippen LogP contribution in [-0.4, -0.2) is 23.1 Å². The van der Waals surface area contributed by atoms with Crippen LogP contribution in [0.15, 0.2) is 22.7 Å². The van der Waals surface area contributed by atoms with E-state index in [1.807, 2.05) is 6.07 Å². The molecule has 0 radical (unpaired) electrons. The minimum absolute atomic E-state index is 0.205. The molecule has 0 aliphatic rings. The number of anilines is 1. The number of carbonyl (C=O) groups excluding carboxylic acids is 2. The van der Waals surface area contributed by atoms with E-state index in [0.29, 0.717) is 22.7 Å². The number of amides is 1. The highest BCUT2D eigenvalue weighted by atomic mass is 35.5. The lowest BCUT2D eigenvalue weighted by molar-refractivity contribution is -0.123. The van der Waals surface area contributed by atoms with E-state index in [9.17, 15) is 9.59 Å². The summed E-state index contributed by atoms with van der Waals surface area (Å²) in [6.45, 7) is 4.63. The zero-order valence-electron chi connectivity index (χ0n) is 13.2. The molecular weight excluding hydrogens is 334 g/mol. The fourth-order valence-electron chi connectivity index (χ4n) is 1.97. The summed E-state index contributed by atoms with van der Waals surface area (Å²) in [5.41, 5.74) is 1.29. The maximum atomic E-state index is 12.1. The van der Waals surface area contributed by atoms with Gasteiger partial charge in [0.25, 0.3) is 5.91 Å². The van der Waals surface area contributed by atoms with Crippen LogP contribution in [0.5, 0.6) is 0 Å². The molecule has 0 spiro atoms. The van der Waals surface area contributed by atoms with Gasteiger partial charge in [-0.15, -0.1) is 0 Å². The molecule has 1 aromatic carbocycles. The molecular formula is C16H14ClN3O4. The molecule has 0 bridgehead atoms.